The largest absolute Gasteiger partial charge is 0.483 e. The van der Waals surface area contributed by atoms with Crippen molar-refractivity contribution in [1.82, 2.24) is 5.01 Å². The molecule has 0 radical (unpaired) electrons. The number of benzene rings is 2. The number of aldehydes is 1. The number of hydrogen-bond donors (Lipinski definition) is 0. The van der Waals surface area contributed by atoms with Crippen molar-refractivity contribution in [2.45, 2.75) is 19.4 Å². The summed E-state index contributed by atoms with van der Waals surface area (Å²) >= 11 is 0. The zero-order chi connectivity index (χ0) is 20.2. The first-order valence-electron chi connectivity index (χ1n) is 9.32. The molecular formula is C23H20N2O4. The lowest BCUT2D eigenvalue weighted by Gasteiger charge is -2.20. The molecule has 0 fully saturated rings. The molecule has 6 heteroatoms. The van der Waals surface area contributed by atoms with Crippen LogP contribution in [0, 0.1) is 6.92 Å². The van der Waals surface area contributed by atoms with Gasteiger partial charge in [0, 0.05) is 6.42 Å². The van der Waals surface area contributed by atoms with Gasteiger partial charge in [-0.3, -0.25) is 9.59 Å². The van der Waals surface area contributed by atoms with E-state index in [0.29, 0.717) is 29.8 Å². The van der Waals surface area contributed by atoms with Crippen molar-refractivity contribution in [3.63, 3.8) is 0 Å². The maximum Gasteiger partial charge on any atom is 0.281 e. The molecule has 1 aromatic heterocycles. The third-order valence-electron chi connectivity index (χ3n) is 4.82. The second kappa shape index (κ2) is 8.14. The highest BCUT2D eigenvalue weighted by Gasteiger charge is 2.35. The highest BCUT2D eigenvalue weighted by atomic mass is 16.5. The van der Waals surface area contributed by atoms with Gasteiger partial charge in [0.15, 0.2) is 12.9 Å². The summed E-state index contributed by atoms with van der Waals surface area (Å²) in [5.41, 5.74) is 3.33. The van der Waals surface area contributed by atoms with Gasteiger partial charge >= 0.3 is 0 Å². The number of ether oxygens (including phenoxy) is 1. The van der Waals surface area contributed by atoms with E-state index in [1.54, 1.807) is 36.6 Å². The van der Waals surface area contributed by atoms with Gasteiger partial charge in [-0.2, -0.15) is 5.10 Å². The molecule has 3 aromatic rings. The predicted octanol–water partition coefficient (Wildman–Crippen LogP) is 4.16. The van der Waals surface area contributed by atoms with Gasteiger partial charge in [-0.15, -0.1) is 0 Å². The Morgan fingerprint density at radius 2 is 1.97 bits per heavy atom. The van der Waals surface area contributed by atoms with Crippen molar-refractivity contribution >= 4 is 17.9 Å². The Labute approximate surface area is 168 Å². The van der Waals surface area contributed by atoms with E-state index in [4.69, 9.17) is 9.15 Å². The smallest absolute Gasteiger partial charge is 0.281 e. The molecule has 1 aliphatic rings. The molecule has 0 aliphatic carbocycles. The van der Waals surface area contributed by atoms with E-state index in [1.807, 2.05) is 37.3 Å². The first-order chi connectivity index (χ1) is 14.2. The molecule has 6 nitrogen and oxygen atoms in total. The number of carbonyl (C=O) groups excluding carboxylic acids is 2. The topological polar surface area (TPSA) is 72.1 Å². The van der Waals surface area contributed by atoms with Crippen LogP contribution in [-0.2, 0) is 4.79 Å². The second-order valence-corrected chi connectivity index (χ2v) is 6.83. The summed E-state index contributed by atoms with van der Waals surface area (Å²) in [4.78, 5) is 24.1. The summed E-state index contributed by atoms with van der Waals surface area (Å²) in [5.74, 6) is 0.721. The summed E-state index contributed by atoms with van der Waals surface area (Å²) in [6.45, 7) is 1.79. The molecule has 0 N–H and O–H groups in total. The Bertz CT molecular complexity index is 1040. The van der Waals surface area contributed by atoms with Crippen molar-refractivity contribution in [3.8, 4) is 5.75 Å². The summed E-state index contributed by atoms with van der Waals surface area (Å²) in [6.07, 6.45) is 2.83. The summed E-state index contributed by atoms with van der Waals surface area (Å²) in [7, 11) is 0. The minimum absolute atomic E-state index is 0.229. The minimum Gasteiger partial charge on any atom is -0.483 e. The first kappa shape index (κ1) is 18.7. The van der Waals surface area contributed by atoms with E-state index in [2.05, 4.69) is 5.10 Å². The molecule has 1 aliphatic heterocycles. The third kappa shape index (κ3) is 3.96. The van der Waals surface area contributed by atoms with E-state index in [-0.39, 0.29) is 18.6 Å². The Hall–Kier alpha value is -3.67. The second-order valence-electron chi connectivity index (χ2n) is 6.83. The fourth-order valence-corrected chi connectivity index (χ4v) is 3.28. The van der Waals surface area contributed by atoms with Crippen molar-refractivity contribution in [2.24, 2.45) is 5.10 Å². The standard InChI is InChI=1S/C23H20N2O4/c1-16-8-10-17(11-9-16)19-13-20(22-7-4-12-28-22)25(24-19)23(27)15-29-21-6-3-2-5-18(21)14-26/h2-12,14,20H,13,15H2,1H3/t20-/m0/s1. The zero-order valence-corrected chi connectivity index (χ0v) is 15.9. The molecule has 0 unspecified atom stereocenters. The number of para-hydroxylation sites is 1. The van der Waals surface area contributed by atoms with Gasteiger partial charge < -0.3 is 9.15 Å². The van der Waals surface area contributed by atoms with Crippen LogP contribution >= 0.6 is 0 Å². The van der Waals surface area contributed by atoms with Gasteiger partial charge in [0.25, 0.3) is 5.91 Å². The van der Waals surface area contributed by atoms with Crippen LogP contribution in [0.4, 0.5) is 0 Å². The summed E-state index contributed by atoms with van der Waals surface area (Å²) in [5, 5.41) is 5.99. The average molecular weight is 388 g/mol. The Morgan fingerprint density at radius 3 is 2.69 bits per heavy atom. The molecule has 0 saturated carbocycles. The van der Waals surface area contributed by atoms with Crippen molar-refractivity contribution in [1.29, 1.82) is 0 Å². The number of hydrogen-bond acceptors (Lipinski definition) is 5. The van der Waals surface area contributed by atoms with Crippen molar-refractivity contribution < 1.29 is 18.7 Å². The summed E-state index contributed by atoms with van der Waals surface area (Å²) < 4.78 is 11.1. The van der Waals surface area contributed by atoms with E-state index >= 15 is 0 Å². The molecule has 0 spiro atoms. The molecule has 0 bridgehead atoms. The normalized spacial score (nSPS) is 15.8. The lowest BCUT2D eigenvalue weighted by molar-refractivity contribution is -0.135. The zero-order valence-electron chi connectivity index (χ0n) is 15.9. The molecule has 2 heterocycles. The Balaban J connectivity index is 1.56. The fourth-order valence-electron chi connectivity index (χ4n) is 3.28. The molecule has 4 rings (SSSR count). The highest BCUT2D eigenvalue weighted by Crippen LogP contribution is 2.33. The molecule has 2 aromatic carbocycles. The molecular weight excluding hydrogens is 368 g/mol. The molecule has 1 amide bonds. The first-order valence-corrected chi connectivity index (χ1v) is 9.32. The fraction of sp³-hybridized carbons (Fsp3) is 0.174. The van der Waals surface area contributed by atoms with E-state index in [1.165, 1.54) is 5.01 Å². The SMILES string of the molecule is Cc1ccc(C2=NN(C(=O)COc3ccccc3C=O)[C@H](c3ccco3)C2)cc1. The van der Waals surface area contributed by atoms with Gasteiger partial charge in [-0.05, 0) is 36.8 Å². The highest BCUT2D eigenvalue weighted by molar-refractivity contribution is 6.03. The number of carbonyl (C=O) groups is 2. The van der Waals surface area contributed by atoms with Gasteiger partial charge in [0.2, 0.25) is 0 Å². The van der Waals surface area contributed by atoms with Crippen molar-refractivity contribution in [3.05, 3.63) is 89.4 Å². The number of amides is 1. The monoisotopic (exact) mass is 388 g/mol. The van der Waals surface area contributed by atoms with E-state index in [9.17, 15) is 9.59 Å². The van der Waals surface area contributed by atoms with Crippen LogP contribution in [-0.4, -0.2) is 29.5 Å². The van der Waals surface area contributed by atoms with Crippen molar-refractivity contribution in [2.75, 3.05) is 6.61 Å². The van der Waals surface area contributed by atoms with Crippen LogP contribution in [0.25, 0.3) is 0 Å². The van der Waals surface area contributed by atoms with Gasteiger partial charge in [-0.25, -0.2) is 5.01 Å². The number of nitrogens with zero attached hydrogens (tertiary/aromatic N) is 2. The predicted molar refractivity (Wildman–Crippen MR) is 108 cm³/mol. The number of rotatable bonds is 6. The van der Waals surface area contributed by atoms with Crippen LogP contribution in [0.2, 0.25) is 0 Å². The van der Waals surface area contributed by atoms with Crippen LogP contribution in [0.3, 0.4) is 0 Å². The Kier molecular flexibility index (Phi) is 5.24. The lowest BCUT2D eigenvalue weighted by Crippen LogP contribution is -2.31. The maximum atomic E-state index is 12.9. The molecule has 1 atom stereocenters. The quantitative estimate of drug-likeness (QED) is 0.595. The number of aryl methyl sites for hydroxylation is 1. The Morgan fingerprint density at radius 1 is 1.17 bits per heavy atom. The van der Waals surface area contributed by atoms with Crippen LogP contribution in [0.15, 0.2) is 76.4 Å². The van der Waals surface area contributed by atoms with Crippen LogP contribution < -0.4 is 4.74 Å². The lowest BCUT2D eigenvalue weighted by atomic mass is 10.0. The maximum absolute atomic E-state index is 12.9. The minimum atomic E-state index is -0.335. The third-order valence-corrected chi connectivity index (χ3v) is 4.82. The van der Waals surface area contributed by atoms with Gasteiger partial charge in [-0.1, -0.05) is 42.0 Å². The number of furan rings is 1. The van der Waals surface area contributed by atoms with Gasteiger partial charge in [0.05, 0.1) is 17.5 Å². The average Bonchev–Trinajstić information content (AvgIpc) is 3.42. The van der Waals surface area contributed by atoms with Gasteiger partial charge in [0.1, 0.15) is 17.6 Å². The number of hydrazone groups is 1. The molecule has 29 heavy (non-hydrogen) atoms. The van der Waals surface area contributed by atoms with E-state index < -0.39 is 0 Å². The van der Waals surface area contributed by atoms with Crippen LogP contribution in [0.5, 0.6) is 5.75 Å². The molecule has 146 valence electrons. The van der Waals surface area contributed by atoms with Crippen LogP contribution in [0.1, 0.15) is 39.7 Å². The molecule has 0 saturated heterocycles. The van der Waals surface area contributed by atoms with E-state index in [0.717, 1.165) is 16.8 Å². The summed E-state index contributed by atoms with van der Waals surface area (Å²) in [6, 6.07) is 18.1.